The fraction of sp³-hybridized carbons (Fsp3) is 0.667. The molecule has 3 nitrogen and oxygen atoms in total. The van der Waals surface area contributed by atoms with Gasteiger partial charge in [0.1, 0.15) is 0 Å². The van der Waals surface area contributed by atoms with Gasteiger partial charge in [-0.05, 0) is 30.5 Å². The van der Waals surface area contributed by atoms with Gasteiger partial charge in [-0.2, -0.15) is 13.2 Å². The molecule has 136 valence electrons. The molecular formula is C18H27F3N2O. The van der Waals surface area contributed by atoms with Gasteiger partial charge in [0.05, 0.1) is 18.2 Å². The lowest BCUT2D eigenvalue weighted by Crippen LogP contribution is -2.54. The maximum absolute atomic E-state index is 12.9. The Morgan fingerprint density at radius 2 is 1.96 bits per heavy atom. The molecule has 0 amide bonds. The van der Waals surface area contributed by atoms with E-state index in [9.17, 15) is 18.3 Å². The molecule has 2 unspecified atom stereocenters. The zero-order chi connectivity index (χ0) is 17.9. The molecule has 2 atom stereocenters. The average molecular weight is 344 g/mol. The van der Waals surface area contributed by atoms with Crippen molar-refractivity contribution in [1.29, 1.82) is 0 Å². The highest BCUT2D eigenvalue weighted by atomic mass is 19.4. The first-order valence-corrected chi connectivity index (χ1v) is 8.48. The average Bonchev–Trinajstić information content (AvgIpc) is 2.49. The first-order chi connectivity index (χ1) is 11.2. The second kappa shape index (κ2) is 7.85. The number of piperazine rings is 1. The van der Waals surface area contributed by atoms with E-state index in [4.69, 9.17) is 0 Å². The molecule has 6 heteroatoms. The molecule has 24 heavy (non-hydrogen) atoms. The van der Waals surface area contributed by atoms with Gasteiger partial charge in [-0.25, -0.2) is 0 Å². The van der Waals surface area contributed by atoms with Crippen LogP contribution in [-0.4, -0.2) is 53.7 Å². The zero-order valence-corrected chi connectivity index (χ0v) is 14.6. The maximum Gasteiger partial charge on any atom is 0.416 e. The number of alkyl halides is 3. The molecule has 0 bridgehead atoms. The third kappa shape index (κ3) is 4.71. The quantitative estimate of drug-likeness (QED) is 0.887. The van der Waals surface area contributed by atoms with Gasteiger partial charge in [0, 0.05) is 32.2 Å². The molecule has 0 aliphatic carbocycles. The third-order valence-electron chi connectivity index (χ3n) is 4.56. The van der Waals surface area contributed by atoms with Crippen LogP contribution in [0.1, 0.15) is 37.9 Å². The van der Waals surface area contributed by atoms with Crippen molar-refractivity contribution < 1.29 is 18.3 Å². The van der Waals surface area contributed by atoms with Crippen LogP contribution in [0.4, 0.5) is 13.2 Å². The van der Waals surface area contributed by atoms with Crippen molar-refractivity contribution in [2.45, 2.75) is 39.0 Å². The van der Waals surface area contributed by atoms with E-state index in [0.29, 0.717) is 11.5 Å². The molecule has 0 aromatic heterocycles. The summed E-state index contributed by atoms with van der Waals surface area (Å²) >= 11 is 0. The summed E-state index contributed by atoms with van der Waals surface area (Å²) in [5, 5.41) is 9.82. The van der Waals surface area contributed by atoms with Crippen molar-refractivity contribution in [3.63, 3.8) is 0 Å². The van der Waals surface area contributed by atoms with Gasteiger partial charge in [0.25, 0.3) is 0 Å². The molecule has 0 saturated carbocycles. The van der Waals surface area contributed by atoms with Gasteiger partial charge < -0.3 is 10.0 Å². The molecular weight excluding hydrogens is 317 g/mol. The van der Waals surface area contributed by atoms with Crippen molar-refractivity contribution in [2.24, 2.45) is 5.92 Å². The number of rotatable bonds is 5. The Balaban J connectivity index is 2.14. The Hall–Kier alpha value is -1.11. The Morgan fingerprint density at radius 3 is 2.50 bits per heavy atom. The molecule has 0 radical (unpaired) electrons. The summed E-state index contributed by atoms with van der Waals surface area (Å²) in [7, 11) is 0. The van der Waals surface area contributed by atoms with E-state index in [2.05, 4.69) is 30.6 Å². The summed E-state index contributed by atoms with van der Waals surface area (Å²) in [5.41, 5.74) is -0.138. The van der Waals surface area contributed by atoms with Crippen molar-refractivity contribution >= 4 is 0 Å². The van der Waals surface area contributed by atoms with Crippen LogP contribution < -0.4 is 0 Å². The smallest absolute Gasteiger partial charge is 0.394 e. The zero-order valence-electron chi connectivity index (χ0n) is 14.6. The van der Waals surface area contributed by atoms with Crippen LogP contribution in [0.3, 0.4) is 0 Å². The van der Waals surface area contributed by atoms with E-state index < -0.39 is 17.8 Å². The normalized spacial score (nSPS) is 22.1. The fourth-order valence-corrected chi connectivity index (χ4v) is 3.52. The van der Waals surface area contributed by atoms with Crippen LogP contribution in [-0.2, 0) is 6.18 Å². The minimum Gasteiger partial charge on any atom is -0.394 e. The van der Waals surface area contributed by atoms with Gasteiger partial charge >= 0.3 is 6.18 Å². The Kier molecular flexibility index (Phi) is 6.28. The Bertz CT molecular complexity index is 533. The molecule has 1 aliphatic heterocycles. The number of nitrogens with zero attached hydrogens (tertiary/aromatic N) is 2. The largest absolute Gasteiger partial charge is 0.416 e. The number of aliphatic hydroxyl groups is 1. The van der Waals surface area contributed by atoms with Gasteiger partial charge in [-0.3, -0.25) is 4.90 Å². The third-order valence-corrected chi connectivity index (χ3v) is 4.56. The van der Waals surface area contributed by atoms with Gasteiger partial charge in [-0.15, -0.1) is 0 Å². The van der Waals surface area contributed by atoms with E-state index in [1.54, 1.807) is 6.07 Å². The first-order valence-electron chi connectivity index (χ1n) is 8.48. The van der Waals surface area contributed by atoms with Gasteiger partial charge in [0.15, 0.2) is 0 Å². The predicted molar refractivity (Wildman–Crippen MR) is 88.7 cm³/mol. The van der Waals surface area contributed by atoms with Crippen LogP contribution in [0, 0.1) is 5.92 Å². The molecule has 1 saturated heterocycles. The van der Waals surface area contributed by atoms with Crippen LogP contribution in [0.5, 0.6) is 0 Å². The molecule has 2 rings (SSSR count). The van der Waals surface area contributed by atoms with Crippen molar-refractivity contribution in [1.82, 2.24) is 9.80 Å². The predicted octanol–water partition coefficient (Wildman–Crippen LogP) is 3.40. The van der Waals surface area contributed by atoms with Crippen molar-refractivity contribution in [3.8, 4) is 0 Å². The van der Waals surface area contributed by atoms with Crippen LogP contribution in [0.2, 0.25) is 0 Å². The lowest BCUT2D eigenvalue weighted by atomic mass is 10.00. The van der Waals surface area contributed by atoms with Crippen molar-refractivity contribution in [2.75, 3.05) is 32.8 Å². The molecule has 0 spiro atoms. The maximum atomic E-state index is 12.9. The van der Waals surface area contributed by atoms with E-state index in [-0.39, 0.29) is 12.6 Å². The molecule has 1 aromatic rings. The van der Waals surface area contributed by atoms with E-state index >= 15 is 0 Å². The van der Waals surface area contributed by atoms with E-state index in [1.807, 2.05) is 0 Å². The SMILES string of the molecule is CC(C)CN1CCN(C(CO)c2cccc(C(F)(F)F)c2)C(C)C1. The highest BCUT2D eigenvalue weighted by Gasteiger charge is 2.33. The highest BCUT2D eigenvalue weighted by Crippen LogP contribution is 2.32. The molecule has 1 fully saturated rings. The van der Waals surface area contributed by atoms with Crippen molar-refractivity contribution in [3.05, 3.63) is 35.4 Å². The monoisotopic (exact) mass is 344 g/mol. The molecule has 1 heterocycles. The Morgan fingerprint density at radius 1 is 1.25 bits per heavy atom. The minimum absolute atomic E-state index is 0.184. The number of benzene rings is 1. The second-order valence-corrected chi connectivity index (χ2v) is 7.06. The summed E-state index contributed by atoms with van der Waals surface area (Å²) < 4.78 is 38.8. The highest BCUT2D eigenvalue weighted by molar-refractivity contribution is 5.28. The summed E-state index contributed by atoms with van der Waals surface area (Å²) in [6.07, 6.45) is -4.36. The number of halogens is 3. The standard InChI is InChI=1S/C18H27F3N2O/c1-13(2)10-22-7-8-23(14(3)11-22)17(12-24)15-5-4-6-16(9-15)18(19,20)21/h4-6,9,13-14,17,24H,7-8,10-12H2,1-3H3. The summed E-state index contributed by atoms with van der Waals surface area (Å²) in [4.78, 5) is 4.50. The summed E-state index contributed by atoms with van der Waals surface area (Å²) in [5.74, 6) is 0.584. The lowest BCUT2D eigenvalue weighted by molar-refractivity contribution is -0.137. The molecule has 1 aromatic carbocycles. The topological polar surface area (TPSA) is 26.7 Å². The van der Waals surface area contributed by atoms with E-state index in [0.717, 1.165) is 38.3 Å². The fourth-order valence-electron chi connectivity index (χ4n) is 3.52. The van der Waals surface area contributed by atoms with Crippen LogP contribution in [0.15, 0.2) is 24.3 Å². The van der Waals surface area contributed by atoms with E-state index in [1.165, 1.54) is 6.07 Å². The number of hydrogen-bond acceptors (Lipinski definition) is 3. The molecule has 1 aliphatic rings. The summed E-state index contributed by atoms with van der Waals surface area (Å²) in [6.45, 7) is 9.75. The lowest BCUT2D eigenvalue weighted by Gasteiger charge is -2.44. The minimum atomic E-state index is -4.36. The van der Waals surface area contributed by atoms with Gasteiger partial charge in [0.2, 0.25) is 0 Å². The van der Waals surface area contributed by atoms with Gasteiger partial charge in [-0.1, -0.05) is 26.0 Å². The second-order valence-electron chi connectivity index (χ2n) is 7.06. The number of aliphatic hydroxyl groups excluding tert-OH is 1. The first kappa shape index (κ1) is 19.2. The summed E-state index contributed by atoms with van der Waals surface area (Å²) in [6, 6.07) is 5.10. The number of hydrogen-bond donors (Lipinski definition) is 1. The van der Waals surface area contributed by atoms with Crippen LogP contribution >= 0.6 is 0 Å². The Labute approximate surface area is 142 Å². The van der Waals surface area contributed by atoms with Crippen LogP contribution in [0.25, 0.3) is 0 Å². The molecule has 1 N–H and O–H groups in total.